The van der Waals surface area contributed by atoms with Gasteiger partial charge in [0, 0.05) is 7.11 Å². The van der Waals surface area contributed by atoms with Crippen molar-refractivity contribution in [2.75, 3.05) is 7.11 Å². The highest BCUT2D eigenvalue weighted by Crippen LogP contribution is 2.63. The molecule has 3 N–H and O–H groups in total. The van der Waals surface area contributed by atoms with Crippen molar-refractivity contribution in [1.82, 2.24) is 0 Å². The number of aliphatic hydroxyl groups is 3. The summed E-state index contributed by atoms with van der Waals surface area (Å²) in [7, 11) is 0.449. The molecular formula is C5H6F4O4. The van der Waals surface area contributed by atoms with Crippen LogP contribution in [-0.2, 0) is 4.74 Å². The lowest BCUT2D eigenvalue weighted by molar-refractivity contribution is -0.582. The molecule has 0 spiro atoms. The quantitative estimate of drug-likeness (QED) is 0.391. The summed E-state index contributed by atoms with van der Waals surface area (Å²) >= 11 is 0. The summed E-state index contributed by atoms with van der Waals surface area (Å²) in [4.78, 5) is 0. The van der Waals surface area contributed by atoms with E-state index in [0.717, 1.165) is 0 Å². The van der Waals surface area contributed by atoms with Crippen molar-refractivity contribution in [3.05, 3.63) is 0 Å². The first kappa shape index (κ1) is 10.6. The normalized spacial score (nSPS) is 39.7. The third-order valence-electron chi connectivity index (χ3n) is 2.03. The van der Waals surface area contributed by atoms with Crippen LogP contribution < -0.4 is 0 Å². The molecule has 1 rings (SSSR count). The number of alkyl halides is 4. The van der Waals surface area contributed by atoms with Crippen LogP contribution in [0.3, 0.4) is 0 Å². The van der Waals surface area contributed by atoms with Crippen LogP contribution in [0.2, 0.25) is 0 Å². The highest BCUT2D eigenvalue weighted by atomic mass is 19.3. The molecule has 0 amide bonds. The van der Waals surface area contributed by atoms with Gasteiger partial charge < -0.3 is 20.1 Å². The molecule has 0 aromatic rings. The van der Waals surface area contributed by atoms with Crippen molar-refractivity contribution in [2.45, 2.75) is 23.4 Å². The molecule has 1 aliphatic carbocycles. The van der Waals surface area contributed by atoms with Gasteiger partial charge in [0.15, 0.2) is 0 Å². The SMILES string of the molecule is COC1(O)C(O)(O)C(F)(F)C1(F)F. The molecular weight excluding hydrogens is 200 g/mol. The summed E-state index contributed by atoms with van der Waals surface area (Å²) in [5.74, 6) is -18.5. The predicted molar refractivity (Wildman–Crippen MR) is 29.0 cm³/mol. The Morgan fingerprint density at radius 1 is 0.923 bits per heavy atom. The van der Waals surface area contributed by atoms with Crippen LogP contribution in [-0.4, -0.2) is 45.8 Å². The molecule has 1 aliphatic rings. The van der Waals surface area contributed by atoms with Crippen LogP contribution in [0, 0.1) is 0 Å². The lowest BCUT2D eigenvalue weighted by Gasteiger charge is -2.56. The second-order valence-corrected chi connectivity index (χ2v) is 2.67. The smallest absolute Gasteiger partial charge is 0.356 e. The molecule has 78 valence electrons. The summed E-state index contributed by atoms with van der Waals surface area (Å²) in [6, 6.07) is 0. The minimum Gasteiger partial charge on any atom is -0.356 e. The van der Waals surface area contributed by atoms with Crippen LogP contribution in [0.1, 0.15) is 0 Å². The van der Waals surface area contributed by atoms with Crippen LogP contribution in [0.5, 0.6) is 0 Å². The summed E-state index contributed by atoms with van der Waals surface area (Å²) in [6.07, 6.45) is 0. The van der Waals surface area contributed by atoms with Crippen molar-refractivity contribution in [3.8, 4) is 0 Å². The van der Waals surface area contributed by atoms with E-state index in [1.165, 1.54) is 0 Å². The van der Waals surface area contributed by atoms with Gasteiger partial charge in [-0.3, -0.25) is 0 Å². The second-order valence-electron chi connectivity index (χ2n) is 2.67. The number of halogens is 4. The molecule has 8 heteroatoms. The summed E-state index contributed by atoms with van der Waals surface area (Å²) in [5, 5.41) is 25.6. The number of hydrogen-bond donors (Lipinski definition) is 3. The number of ether oxygens (including phenoxy) is 1. The second kappa shape index (κ2) is 2.14. The largest absolute Gasteiger partial charge is 0.374 e. The zero-order valence-electron chi connectivity index (χ0n) is 6.26. The highest BCUT2D eigenvalue weighted by molar-refractivity contribution is 5.22. The Morgan fingerprint density at radius 2 is 1.31 bits per heavy atom. The maximum atomic E-state index is 12.4. The fourth-order valence-electron chi connectivity index (χ4n) is 1.07. The summed E-state index contributed by atoms with van der Waals surface area (Å²) < 4.78 is 53.0. The molecule has 1 atom stereocenters. The van der Waals surface area contributed by atoms with Gasteiger partial charge >= 0.3 is 11.8 Å². The molecule has 0 heterocycles. The maximum Gasteiger partial charge on any atom is 0.374 e. The van der Waals surface area contributed by atoms with Gasteiger partial charge in [-0.15, -0.1) is 0 Å². The molecule has 13 heavy (non-hydrogen) atoms. The Kier molecular flexibility index (Phi) is 1.75. The van der Waals surface area contributed by atoms with Gasteiger partial charge in [-0.1, -0.05) is 0 Å². The summed E-state index contributed by atoms with van der Waals surface area (Å²) in [5.41, 5.74) is 0. The van der Waals surface area contributed by atoms with Crippen LogP contribution >= 0.6 is 0 Å². The lowest BCUT2D eigenvalue weighted by atomic mass is 9.74. The first-order valence-electron chi connectivity index (χ1n) is 3.04. The Morgan fingerprint density at radius 3 is 1.46 bits per heavy atom. The molecule has 0 bridgehead atoms. The fourth-order valence-corrected chi connectivity index (χ4v) is 1.07. The molecule has 0 aromatic carbocycles. The Bertz CT molecular complexity index is 221. The fraction of sp³-hybridized carbons (Fsp3) is 1.00. The monoisotopic (exact) mass is 206 g/mol. The zero-order chi connectivity index (χ0) is 10.7. The van der Waals surface area contributed by atoms with Crippen molar-refractivity contribution in [1.29, 1.82) is 0 Å². The molecule has 0 aliphatic heterocycles. The van der Waals surface area contributed by atoms with Crippen LogP contribution in [0.25, 0.3) is 0 Å². The van der Waals surface area contributed by atoms with Crippen molar-refractivity contribution in [3.63, 3.8) is 0 Å². The molecule has 0 saturated heterocycles. The Balaban J connectivity index is 3.18. The van der Waals surface area contributed by atoms with E-state index in [4.69, 9.17) is 15.3 Å². The number of methoxy groups -OCH3 is 1. The number of rotatable bonds is 1. The molecule has 0 aromatic heterocycles. The maximum absolute atomic E-state index is 12.4. The molecule has 1 fully saturated rings. The first-order chi connectivity index (χ1) is 5.56. The van der Waals surface area contributed by atoms with Crippen molar-refractivity contribution < 1.29 is 37.6 Å². The van der Waals surface area contributed by atoms with E-state index >= 15 is 0 Å². The van der Waals surface area contributed by atoms with Gasteiger partial charge in [0.25, 0.3) is 11.6 Å². The van der Waals surface area contributed by atoms with E-state index in [9.17, 15) is 17.6 Å². The predicted octanol–water partition coefficient (Wildman–Crippen LogP) is -0.713. The molecule has 1 unspecified atom stereocenters. The topological polar surface area (TPSA) is 69.9 Å². The van der Waals surface area contributed by atoms with Gasteiger partial charge in [0.1, 0.15) is 0 Å². The first-order valence-corrected chi connectivity index (χ1v) is 3.04. The van der Waals surface area contributed by atoms with Crippen LogP contribution in [0.4, 0.5) is 17.6 Å². The third kappa shape index (κ3) is 0.711. The zero-order valence-corrected chi connectivity index (χ0v) is 6.26. The highest BCUT2D eigenvalue weighted by Gasteiger charge is 2.97. The van der Waals surface area contributed by atoms with Gasteiger partial charge in [-0.25, -0.2) is 0 Å². The van der Waals surface area contributed by atoms with E-state index in [1.807, 2.05) is 0 Å². The van der Waals surface area contributed by atoms with E-state index < -0.39 is 23.4 Å². The van der Waals surface area contributed by atoms with E-state index in [2.05, 4.69) is 4.74 Å². The molecule has 4 nitrogen and oxygen atoms in total. The van der Waals surface area contributed by atoms with Gasteiger partial charge in [-0.05, 0) is 0 Å². The Hall–Kier alpha value is -0.440. The average molecular weight is 206 g/mol. The lowest BCUT2D eigenvalue weighted by Crippen LogP contribution is -2.90. The van der Waals surface area contributed by atoms with Gasteiger partial charge in [-0.2, -0.15) is 17.6 Å². The van der Waals surface area contributed by atoms with E-state index in [1.54, 1.807) is 0 Å². The minimum absolute atomic E-state index is 0.449. The van der Waals surface area contributed by atoms with Gasteiger partial charge in [0.05, 0.1) is 0 Å². The number of hydrogen-bond acceptors (Lipinski definition) is 4. The van der Waals surface area contributed by atoms with Crippen molar-refractivity contribution in [2.24, 2.45) is 0 Å². The average Bonchev–Trinajstić information content (AvgIpc) is 2.00. The van der Waals surface area contributed by atoms with Crippen molar-refractivity contribution >= 4 is 0 Å². The molecule has 1 saturated carbocycles. The summed E-state index contributed by atoms with van der Waals surface area (Å²) in [6.45, 7) is 0. The molecule has 0 radical (unpaired) electrons. The van der Waals surface area contributed by atoms with E-state index in [0.29, 0.717) is 7.11 Å². The minimum atomic E-state index is -5.15. The van der Waals surface area contributed by atoms with Crippen LogP contribution in [0.15, 0.2) is 0 Å². The van der Waals surface area contributed by atoms with E-state index in [-0.39, 0.29) is 0 Å². The standard InChI is InChI=1S/C5H6F4O4/c1-13-5(12)3(8,9)2(6,7)4(5,10)11/h10-12H,1H3. The third-order valence-corrected chi connectivity index (χ3v) is 2.03. The Labute approximate surface area is 69.4 Å². The van der Waals surface area contributed by atoms with Gasteiger partial charge in [0.2, 0.25) is 0 Å².